The quantitative estimate of drug-likeness (QED) is 0.831. The number of para-hydroxylation sites is 1. The van der Waals surface area contributed by atoms with Crippen LogP contribution in [-0.4, -0.2) is 11.1 Å². The van der Waals surface area contributed by atoms with E-state index in [2.05, 4.69) is 5.32 Å². The lowest BCUT2D eigenvalue weighted by Gasteiger charge is -2.14. The number of nitrogens with one attached hydrogen (secondary N) is 1. The Morgan fingerprint density at radius 1 is 1.10 bits per heavy atom. The molecular weight excluding hydrogens is 290 g/mol. The van der Waals surface area contributed by atoms with E-state index in [4.69, 9.17) is 5.11 Å². The van der Waals surface area contributed by atoms with Crippen molar-refractivity contribution in [3.8, 4) is 0 Å². The molecule has 2 aromatic rings. The lowest BCUT2D eigenvalue weighted by atomic mass is 10.1. The zero-order valence-electron chi connectivity index (χ0n) is 10.4. The van der Waals surface area contributed by atoms with Crippen LogP contribution in [0.1, 0.15) is 15.9 Å². The van der Waals surface area contributed by atoms with E-state index in [9.17, 15) is 22.4 Å². The Labute approximate surface area is 116 Å². The van der Waals surface area contributed by atoms with Gasteiger partial charge >= 0.3 is 12.1 Å². The van der Waals surface area contributed by atoms with Crippen LogP contribution in [0, 0.1) is 5.82 Å². The molecule has 3 nitrogen and oxygen atoms in total. The van der Waals surface area contributed by atoms with E-state index < -0.39 is 29.1 Å². The molecule has 0 saturated heterocycles. The number of anilines is 2. The van der Waals surface area contributed by atoms with Crippen molar-refractivity contribution >= 4 is 17.3 Å². The van der Waals surface area contributed by atoms with E-state index in [0.717, 1.165) is 18.2 Å². The largest absolute Gasteiger partial charge is 0.478 e. The average molecular weight is 299 g/mol. The molecule has 0 aromatic heterocycles. The molecule has 0 radical (unpaired) electrons. The van der Waals surface area contributed by atoms with Crippen molar-refractivity contribution in [3.05, 3.63) is 59.4 Å². The molecule has 0 aliphatic heterocycles. The van der Waals surface area contributed by atoms with Crippen LogP contribution in [0.25, 0.3) is 0 Å². The van der Waals surface area contributed by atoms with Gasteiger partial charge in [-0.15, -0.1) is 0 Å². The summed E-state index contributed by atoms with van der Waals surface area (Å²) in [7, 11) is 0. The Morgan fingerprint density at radius 3 is 2.33 bits per heavy atom. The summed E-state index contributed by atoms with van der Waals surface area (Å²) in [6.45, 7) is 0. The Morgan fingerprint density at radius 2 is 1.76 bits per heavy atom. The summed E-state index contributed by atoms with van der Waals surface area (Å²) >= 11 is 0. The fourth-order valence-electron chi connectivity index (χ4n) is 1.76. The van der Waals surface area contributed by atoms with E-state index in [1.165, 1.54) is 24.3 Å². The first-order valence-corrected chi connectivity index (χ1v) is 5.75. The van der Waals surface area contributed by atoms with Gasteiger partial charge in [0.05, 0.1) is 16.8 Å². The van der Waals surface area contributed by atoms with E-state index in [1.54, 1.807) is 0 Å². The molecule has 110 valence electrons. The third-order valence-electron chi connectivity index (χ3n) is 2.71. The van der Waals surface area contributed by atoms with Crippen LogP contribution in [0.3, 0.4) is 0 Å². The number of hydrogen-bond donors (Lipinski definition) is 2. The summed E-state index contributed by atoms with van der Waals surface area (Å²) in [5.74, 6) is -2.48. The van der Waals surface area contributed by atoms with E-state index in [-0.39, 0.29) is 11.4 Å². The Balaban J connectivity index is 2.35. The zero-order chi connectivity index (χ0) is 15.6. The van der Waals surface area contributed by atoms with Crippen molar-refractivity contribution in [1.82, 2.24) is 0 Å². The van der Waals surface area contributed by atoms with Crippen LogP contribution >= 0.6 is 0 Å². The van der Waals surface area contributed by atoms with Crippen molar-refractivity contribution in [2.75, 3.05) is 5.32 Å². The van der Waals surface area contributed by atoms with Crippen molar-refractivity contribution in [2.24, 2.45) is 0 Å². The molecule has 0 atom stereocenters. The minimum atomic E-state index is -4.55. The van der Waals surface area contributed by atoms with Gasteiger partial charge in [0, 0.05) is 5.69 Å². The second-order valence-electron chi connectivity index (χ2n) is 4.17. The molecule has 0 amide bonds. The first-order chi connectivity index (χ1) is 9.79. The van der Waals surface area contributed by atoms with Crippen LogP contribution < -0.4 is 5.32 Å². The highest BCUT2D eigenvalue weighted by molar-refractivity contribution is 5.88. The van der Waals surface area contributed by atoms with Crippen LogP contribution in [-0.2, 0) is 6.18 Å². The van der Waals surface area contributed by atoms with Gasteiger partial charge < -0.3 is 10.4 Å². The lowest BCUT2D eigenvalue weighted by molar-refractivity contribution is -0.136. The third kappa shape index (κ3) is 3.31. The van der Waals surface area contributed by atoms with Gasteiger partial charge in [-0.3, -0.25) is 0 Å². The average Bonchev–Trinajstić information content (AvgIpc) is 2.37. The van der Waals surface area contributed by atoms with Crippen LogP contribution in [0.4, 0.5) is 28.9 Å². The molecule has 0 fully saturated rings. The molecule has 2 N–H and O–H groups in total. The summed E-state index contributed by atoms with van der Waals surface area (Å²) in [4.78, 5) is 10.7. The topological polar surface area (TPSA) is 49.3 Å². The molecule has 7 heteroatoms. The third-order valence-corrected chi connectivity index (χ3v) is 2.71. The zero-order valence-corrected chi connectivity index (χ0v) is 10.4. The van der Waals surface area contributed by atoms with Gasteiger partial charge in [-0.1, -0.05) is 12.1 Å². The highest BCUT2D eigenvalue weighted by atomic mass is 19.4. The smallest absolute Gasteiger partial charge is 0.418 e. The fourth-order valence-corrected chi connectivity index (χ4v) is 1.76. The van der Waals surface area contributed by atoms with Gasteiger partial charge in [0.2, 0.25) is 0 Å². The maximum Gasteiger partial charge on any atom is 0.418 e. The SMILES string of the molecule is O=C(O)c1ccc(Nc2ccccc2C(F)(F)F)cc1F. The highest BCUT2D eigenvalue weighted by Gasteiger charge is 2.33. The molecule has 21 heavy (non-hydrogen) atoms. The molecular formula is C14H9F4NO2. The minimum absolute atomic E-state index is 0.0224. The van der Waals surface area contributed by atoms with Crippen molar-refractivity contribution in [3.63, 3.8) is 0 Å². The molecule has 2 aromatic carbocycles. The predicted molar refractivity (Wildman–Crippen MR) is 68.1 cm³/mol. The molecule has 2 rings (SSSR count). The van der Waals surface area contributed by atoms with Crippen molar-refractivity contribution in [2.45, 2.75) is 6.18 Å². The molecule has 0 aliphatic carbocycles. The number of rotatable bonds is 3. The summed E-state index contributed by atoms with van der Waals surface area (Å²) in [6.07, 6.45) is -4.55. The van der Waals surface area contributed by atoms with E-state index in [1.807, 2.05) is 0 Å². The number of alkyl halides is 3. The molecule has 0 heterocycles. The van der Waals surface area contributed by atoms with Crippen LogP contribution in [0.5, 0.6) is 0 Å². The van der Waals surface area contributed by atoms with Gasteiger partial charge in [0.15, 0.2) is 0 Å². The van der Waals surface area contributed by atoms with Crippen LogP contribution in [0.2, 0.25) is 0 Å². The molecule has 0 saturated carbocycles. The summed E-state index contributed by atoms with van der Waals surface area (Å²) in [5.41, 5.74) is -1.67. The second-order valence-corrected chi connectivity index (χ2v) is 4.17. The normalized spacial score (nSPS) is 11.2. The highest BCUT2D eigenvalue weighted by Crippen LogP contribution is 2.35. The number of carboxylic acids is 1. The Bertz CT molecular complexity index is 683. The lowest BCUT2D eigenvalue weighted by Crippen LogP contribution is -2.09. The van der Waals surface area contributed by atoms with E-state index >= 15 is 0 Å². The maximum absolute atomic E-state index is 13.5. The molecule has 0 spiro atoms. The first kappa shape index (κ1) is 14.8. The molecule has 0 unspecified atom stereocenters. The van der Waals surface area contributed by atoms with Gasteiger partial charge in [-0.25, -0.2) is 9.18 Å². The number of carboxylic acid groups (broad SMARTS) is 1. The number of halogens is 4. The molecule has 0 aliphatic rings. The van der Waals surface area contributed by atoms with Gasteiger partial charge in [-0.05, 0) is 30.3 Å². The summed E-state index contributed by atoms with van der Waals surface area (Å²) in [5, 5.41) is 11.1. The van der Waals surface area contributed by atoms with E-state index in [0.29, 0.717) is 0 Å². The minimum Gasteiger partial charge on any atom is -0.478 e. The predicted octanol–water partition coefficient (Wildman–Crippen LogP) is 4.29. The summed E-state index contributed by atoms with van der Waals surface area (Å²) in [6, 6.07) is 7.74. The summed E-state index contributed by atoms with van der Waals surface area (Å²) < 4.78 is 51.9. The Hall–Kier alpha value is -2.57. The molecule has 0 bridgehead atoms. The Kier molecular flexibility index (Phi) is 3.84. The van der Waals surface area contributed by atoms with Crippen molar-refractivity contribution < 1.29 is 27.5 Å². The maximum atomic E-state index is 13.5. The van der Waals surface area contributed by atoms with Gasteiger partial charge in [0.25, 0.3) is 0 Å². The standard InChI is InChI=1S/C14H9F4NO2/c15-11-7-8(5-6-9(11)13(20)21)19-12-4-2-1-3-10(12)14(16,17)18/h1-7,19H,(H,20,21). The van der Waals surface area contributed by atoms with Crippen molar-refractivity contribution in [1.29, 1.82) is 0 Å². The van der Waals surface area contributed by atoms with Gasteiger partial charge in [0.1, 0.15) is 5.82 Å². The monoisotopic (exact) mass is 299 g/mol. The van der Waals surface area contributed by atoms with Crippen LogP contribution in [0.15, 0.2) is 42.5 Å². The first-order valence-electron chi connectivity index (χ1n) is 5.75. The number of benzene rings is 2. The second kappa shape index (κ2) is 5.43. The fraction of sp³-hybridized carbons (Fsp3) is 0.0714. The van der Waals surface area contributed by atoms with Gasteiger partial charge in [-0.2, -0.15) is 13.2 Å². The number of carbonyl (C=O) groups is 1. The number of aromatic carboxylic acids is 1. The number of hydrogen-bond acceptors (Lipinski definition) is 2.